The van der Waals surface area contributed by atoms with Gasteiger partial charge in [-0.05, 0) is 63.5 Å². The monoisotopic (exact) mass is 493 g/mol. The van der Waals surface area contributed by atoms with Gasteiger partial charge in [0.15, 0.2) is 0 Å². The molecule has 0 bridgehead atoms. The normalized spacial score (nSPS) is 10.6. The van der Waals surface area contributed by atoms with Crippen LogP contribution in [-0.2, 0) is 11.2 Å². The zero-order valence-electron chi connectivity index (χ0n) is 22.2. The van der Waals surface area contributed by atoms with E-state index < -0.39 is 0 Å². The first-order valence-corrected chi connectivity index (χ1v) is 12.6. The molecule has 0 radical (unpaired) electrons. The number of nitrogens with zero attached hydrogens (tertiary/aromatic N) is 1. The van der Waals surface area contributed by atoms with Gasteiger partial charge < -0.3 is 26.5 Å². The Hall–Kier alpha value is -3.42. The molecule has 7 heteroatoms. The van der Waals surface area contributed by atoms with Crippen molar-refractivity contribution < 1.29 is 9.90 Å². The number of H-pyrrole nitrogens is 1. The van der Waals surface area contributed by atoms with Gasteiger partial charge in [0.05, 0.1) is 0 Å². The van der Waals surface area contributed by atoms with Crippen LogP contribution in [-0.4, -0.2) is 48.5 Å². The maximum Gasteiger partial charge on any atom is 0.290 e. The molecule has 6 N–H and O–H groups in total. The summed E-state index contributed by atoms with van der Waals surface area (Å²) in [6.07, 6.45) is 2.86. The van der Waals surface area contributed by atoms with Crippen LogP contribution in [0.5, 0.6) is 0 Å². The summed E-state index contributed by atoms with van der Waals surface area (Å²) >= 11 is 0. The predicted molar refractivity (Wildman–Crippen MR) is 154 cm³/mol. The fraction of sp³-hybridized carbons (Fsp3) is 0.379. The van der Waals surface area contributed by atoms with Gasteiger partial charge in [-0.1, -0.05) is 62.9 Å². The molecule has 0 amide bonds. The first kappa shape index (κ1) is 30.6. The van der Waals surface area contributed by atoms with Crippen LogP contribution in [0.15, 0.2) is 60.1 Å². The van der Waals surface area contributed by atoms with Crippen molar-refractivity contribution in [2.75, 3.05) is 26.2 Å². The zero-order valence-corrected chi connectivity index (χ0v) is 22.2. The maximum atomic E-state index is 8.36. The Morgan fingerprint density at radius 1 is 1.11 bits per heavy atom. The van der Waals surface area contributed by atoms with E-state index in [2.05, 4.69) is 78.5 Å². The lowest BCUT2D eigenvalue weighted by Gasteiger charge is -2.11. The zero-order chi connectivity index (χ0) is 26.8. The lowest BCUT2D eigenvalue weighted by atomic mass is 10.1. The SMILES string of the molecule is C=C(NCCCNCCCN)c1c(/N=C(\C)Cc2ccccc2)[nH]c2cc(C)ccc12.CC.O=CO. The smallest absolute Gasteiger partial charge is 0.290 e. The average molecular weight is 494 g/mol. The van der Waals surface area contributed by atoms with Gasteiger partial charge in [0.2, 0.25) is 0 Å². The second-order valence-corrected chi connectivity index (χ2v) is 8.16. The molecule has 0 aliphatic heterocycles. The Morgan fingerprint density at radius 2 is 1.78 bits per heavy atom. The highest BCUT2D eigenvalue weighted by atomic mass is 16.3. The number of aliphatic imine (C=N–C) groups is 1. The third kappa shape index (κ3) is 10.5. The van der Waals surface area contributed by atoms with Crippen LogP contribution in [0.3, 0.4) is 0 Å². The van der Waals surface area contributed by atoms with E-state index >= 15 is 0 Å². The number of carbonyl (C=O) groups is 1. The van der Waals surface area contributed by atoms with Gasteiger partial charge in [0, 0.05) is 40.8 Å². The number of benzene rings is 2. The van der Waals surface area contributed by atoms with E-state index in [9.17, 15) is 0 Å². The van der Waals surface area contributed by atoms with E-state index in [0.29, 0.717) is 0 Å². The summed E-state index contributed by atoms with van der Waals surface area (Å²) in [5.74, 6) is 0.868. The number of aromatic nitrogens is 1. The lowest BCUT2D eigenvalue weighted by molar-refractivity contribution is -0.122. The second-order valence-electron chi connectivity index (χ2n) is 8.16. The van der Waals surface area contributed by atoms with E-state index in [4.69, 9.17) is 20.6 Å². The fourth-order valence-corrected chi connectivity index (χ4v) is 3.70. The van der Waals surface area contributed by atoms with Crippen molar-refractivity contribution in [1.29, 1.82) is 0 Å². The molecular formula is C29H43N5O2. The van der Waals surface area contributed by atoms with Crippen LogP contribution in [0.25, 0.3) is 16.6 Å². The molecule has 36 heavy (non-hydrogen) atoms. The molecule has 0 spiro atoms. The van der Waals surface area contributed by atoms with Crippen molar-refractivity contribution in [3.8, 4) is 0 Å². The van der Waals surface area contributed by atoms with Gasteiger partial charge in [0.25, 0.3) is 6.47 Å². The summed E-state index contributed by atoms with van der Waals surface area (Å²) in [5.41, 5.74) is 12.1. The van der Waals surface area contributed by atoms with E-state index in [1.807, 2.05) is 19.9 Å². The largest absolute Gasteiger partial charge is 0.483 e. The molecule has 0 unspecified atom stereocenters. The van der Waals surface area contributed by atoms with Crippen LogP contribution < -0.4 is 16.4 Å². The van der Waals surface area contributed by atoms with Crippen molar-refractivity contribution in [2.45, 2.75) is 47.0 Å². The number of carboxylic acid groups (broad SMARTS) is 1. The van der Waals surface area contributed by atoms with E-state index in [1.165, 1.54) is 11.1 Å². The molecule has 1 heterocycles. The van der Waals surface area contributed by atoms with Crippen molar-refractivity contribution in [2.24, 2.45) is 10.7 Å². The number of hydrogen-bond donors (Lipinski definition) is 5. The Balaban J connectivity index is 0.00000120. The molecule has 0 aliphatic rings. The molecule has 2 aromatic carbocycles. The van der Waals surface area contributed by atoms with Crippen LogP contribution >= 0.6 is 0 Å². The maximum absolute atomic E-state index is 8.36. The van der Waals surface area contributed by atoms with Gasteiger partial charge in [-0.3, -0.25) is 4.79 Å². The minimum absolute atomic E-state index is 0.250. The number of nitrogens with two attached hydrogens (primary N) is 1. The number of fused-ring (bicyclic) bond motifs is 1. The minimum atomic E-state index is -0.250. The molecule has 0 saturated heterocycles. The third-order valence-corrected chi connectivity index (χ3v) is 5.27. The second kappa shape index (κ2) is 17.9. The van der Waals surface area contributed by atoms with Gasteiger partial charge in [-0.2, -0.15) is 0 Å². The van der Waals surface area contributed by atoms with Gasteiger partial charge in [0.1, 0.15) is 5.82 Å². The third-order valence-electron chi connectivity index (χ3n) is 5.27. The van der Waals surface area contributed by atoms with E-state index in [-0.39, 0.29) is 6.47 Å². The number of aryl methyl sites for hydroxylation is 1. The van der Waals surface area contributed by atoms with Gasteiger partial charge >= 0.3 is 0 Å². The fourth-order valence-electron chi connectivity index (χ4n) is 3.70. The standard InChI is InChI=1S/C26H35N5.C2H6.CH2O2/c1-19-11-12-23-24(17-19)31-26(30-20(2)18-22-9-5-4-6-10-22)25(23)21(3)29-16-8-15-28-14-7-13-27;1-2;2-1-3/h4-6,9-12,17,28-29,31H,3,7-8,13-16,18,27H2,1-2H3;1-2H3;1H,(H,2,3)/b30-20+;;. The summed E-state index contributed by atoms with van der Waals surface area (Å²) in [5, 5.41) is 14.9. The van der Waals surface area contributed by atoms with Crippen molar-refractivity contribution in [3.63, 3.8) is 0 Å². The Kier molecular flexibility index (Phi) is 15.2. The summed E-state index contributed by atoms with van der Waals surface area (Å²) in [4.78, 5) is 16.8. The number of nitrogens with one attached hydrogen (secondary N) is 3. The Morgan fingerprint density at radius 3 is 2.44 bits per heavy atom. The Bertz CT molecular complexity index is 1070. The van der Waals surface area contributed by atoms with Crippen LogP contribution in [0, 0.1) is 6.92 Å². The van der Waals surface area contributed by atoms with Crippen molar-refractivity contribution in [3.05, 3.63) is 71.8 Å². The first-order valence-electron chi connectivity index (χ1n) is 12.6. The Labute approximate surface area is 215 Å². The van der Waals surface area contributed by atoms with E-state index in [1.54, 1.807) is 0 Å². The molecule has 0 aliphatic carbocycles. The average Bonchev–Trinajstić information content (AvgIpc) is 3.22. The van der Waals surface area contributed by atoms with Crippen LogP contribution in [0.2, 0.25) is 0 Å². The van der Waals surface area contributed by atoms with E-state index in [0.717, 1.165) is 79.1 Å². The first-order chi connectivity index (χ1) is 17.5. The van der Waals surface area contributed by atoms with Crippen LogP contribution in [0.1, 0.15) is 50.3 Å². The summed E-state index contributed by atoms with van der Waals surface area (Å²) in [6.45, 7) is 15.8. The number of hydrogen-bond acceptors (Lipinski definition) is 5. The summed E-state index contributed by atoms with van der Waals surface area (Å²) < 4.78 is 0. The molecule has 0 atom stereocenters. The van der Waals surface area contributed by atoms with Gasteiger partial charge in [-0.15, -0.1) is 0 Å². The molecule has 1 aromatic heterocycles. The summed E-state index contributed by atoms with van der Waals surface area (Å²) in [7, 11) is 0. The van der Waals surface area contributed by atoms with Crippen molar-refractivity contribution in [1.82, 2.24) is 15.6 Å². The lowest BCUT2D eigenvalue weighted by Crippen LogP contribution is -2.23. The molecule has 0 fully saturated rings. The minimum Gasteiger partial charge on any atom is -0.483 e. The molecular weight excluding hydrogens is 450 g/mol. The number of aromatic amines is 1. The number of rotatable bonds is 12. The highest BCUT2D eigenvalue weighted by Gasteiger charge is 2.14. The molecule has 3 aromatic rings. The van der Waals surface area contributed by atoms with Crippen LogP contribution in [0.4, 0.5) is 5.82 Å². The quantitative estimate of drug-likeness (QED) is 0.131. The predicted octanol–water partition coefficient (Wildman–Crippen LogP) is 5.43. The summed E-state index contributed by atoms with van der Waals surface area (Å²) in [6, 6.07) is 16.9. The van der Waals surface area contributed by atoms with Gasteiger partial charge in [-0.25, -0.2) is 4.99 Å². The van der Waals surface area contributed by atoms with Crippen molar-refractivity contribution >= 4 is 34.6 Å². The topological polar surface area (TPSA) is 116 Å². The molecule has 3 rings (SSSR count). The molecule has 196 valence electrons. The highest BCUT2D eigenvalue weighted by Crippen LogP contribution is 2.33. The molecule has 0 saturated carbocycles. The highest BCUT2D eigenvalue weighted by molar-refractivity contribution is 5.99. The molecule has 7 nitrogen and oxygen atoms in total.